The number of aryl methyl sites for hydroxylation is 2. The van der Waals surface area contributed by atoms with Crippen molar-refractivity contribution in [2.45, 2.75) is 55.9 Å². The Morgan fingerprint density at radius 3 is 2.39 bits per heavy atom. The van der Waals surface area contributed by atoms with Gasteiger partial charge in [0.15, 0.2) is 5.03 Å². The van der Waals surface area contributed by atoms with Gasteiger partial charge >= 0.3 is 0 Å². The minimum Gasteiger partial charge on any atom is -0.355 e. The van der Waals surface area contributed by atoms with Gasteiger partial charge in [-0.25, -0.2) is 13.4 Å². The lowest BCUT2D eigenvalue weighted by Gasteiger charge is -2.33. The number of nitrogens with zero attached hydrogens (tertiary/aromatic N) is 3. The van der Waals surface area contributed by atoms with Crippen LogP contribution in [0.4, 0.5) is 0 Å². The zero-order chi connectivity index (χ0) is 22.1. The zero-order valence-corrected chi connectivity index (χ0v) is 19.2. The fourth-order valence-corrected chi connectivity index (χ4v) is 6.45. The Hall–Kier alpha value is -2.19. The molecule has 2 heterocycles. The minimum atomic E-state index is -3.61. The Kier molecular flexibility index (Phi) is 6.21. The van der Waals surface area contributed by atoms with Crippen LogP contribution in [0.3, 0.4) is 0 Å². The van der Waals surface area contributed by atoms with E-state index in [2.05, 4.69) is 34.6 Å². The van der Waals surface area contributed by atoms with E-state index in [1.165, 1.54) is 22.7 Å². The molecule has 1 amide bonds. The van der Waals surface area contributed by atoms with Crippen molar-refractivity contribution in [3.63, 3.8) is 0 Å². The van der Waals surface area contributed by atoms with E-state index in [0.717, 1.165) is 12.8 Å². The van der Waals surface area contributed by atoms with E-state index in [1.54, 1.807) is 24.7 Å². The molecule has 1 saturated heterocycles. The van der Waals surface area contributed by atoms with E-state index in [9.17, 15) is 13.2 Å². The van der Waals surface area contributed by atoms with Gasteiger partial charge in [-0.2, -0.15) is 4.31 Å². The molecule has 2 aliphatic rings. The lowest BCUT2D eigenvalue weighted by atomic mass is 9.78. The minimum absolute atomic E-state index is 0.0256. The Balaban J connectivity index is 1.35. The highest BCUT2D eigenvalue weighted by molar-refractivity contribution is 7.89. The Morgan fingerprint density at radius 1 is 1.16 bits per heavy atom. The normalized spacial score (nSPS) is 20.1. The smallest absolute Gasteiger partial charge is 0.262 e. The largest absolute Gasteiger partial charge is 0.355 e. The quantitative estimate of drug-likeness (QED) is 0.743. The van der Waals surface area contributed by atoms with Crippen LogP contribution in [-0.4, -0.2) is 47.8 Å². The number of aromatic nitrogens is 2. The number of sulfonamides is 1. The van der Waals surface area contributed by atoms with Crippen molar-refractivity contribution in [1.82, 2.24) is 19.2 Å². The monoisotopic (exact) mass is 444 g/mol. The molecule has 1 aliphatic heterocycles. The highest BCUT2D eigenvalue weighted by Crippen LogP contribution is 2.40. The number of benzene rings is 1. The molecule has 1 aliphatic carbocycles. The Morgan fingerprint density at radius 2 is 1.81 bits per heavy atom. The third kappa shape index (κ3) is 4.41. The second kappa shape index (κ2) is 8.74. The third-order valence-corrected chi connectivity index (χ3v) is 8.83. The van der Waals surface area contributed by atoms with Crippen LogP contribution >= 0.6 is 0 Å². The molecule has 2 fully saturated rings. The first-order valence-electron chi connectivity index (χ1n) is 11.2. The zero-order valence-electron chi connectivity index (χ0n) is 18.4. The number of rotatable bonds is 6. The maximum atomic E-state index is 12.9. The molecule has 0 spiro atoms. The van der Waals surface area contributed by atoms with Crippen molar-refractivity contribution < 1.29 is 13.2 Å². The molecule has 2 aromatic rings. The van der Waals surface area contributed by atoms with E-state index < -0.39 is 10.0 Å². The van der Waals surface area contributed by atoms with Gasteiger partial charge in [0.25, 0.3) is 10.0 Å². The van der Waals surface area contributed by atoms with Crippen LogP contribution in [0, 0.1) is 12.8 Å². The van der Waals surface area contributed by atoms with E-state index in [1.807, 2.05) is 6.07 Å². The van der Waals surface area contributed by atoms with E-state index in [4.69, 9.17) is 0 Å². The van der Waals surface area contributed by atoms with Gasteiger partial charge in [0.2, 0.25) is 5.91 Å². The summed E-state index contributed by atoms with van der Waals surface area (Å²) < 4.78 is 28.9. The van der Waals surface area contributed by atoms with Gasteiger partial charge in [-0.05, 0) is 38.2 Å². The Bertz CT molecular complexity index is 999. The summed E-state index contributed by atoms with van der Waals surface area (Å²) in [5.41, 5.74) is 1.33. The van der Waals surface area contributed by atoms with Crippen LogP contribution in [0.25, 0.3) is 0 Å². The maximum Gasteiger partial charge on any atom is 0.262 e. The van der Waals surface area contributed by atoms with Crippen molar-refractivity contribution in [1.29, 1.82) is 0 Å². The maximum absolute atomic E-state index is 12.9. The Labute approximate surface area is 184 Å². The van der Waals surface area contributed by atoms with Gasteiger partial charge in [0, 0.05) is 44.2 Å². The molecule has 1 aromatic heterocycles. The van der Waals surface area contributed by atoms with Crippen molar-refractivity contribution in [3.8, 4) is 0 Å². The summed E-state index contributed by atoms with van der Waals surface area (Å²) in [7, 11) is -1.83. The van der Waals surface area contributed by atoms with E-state index in [-0.39, 0.29) is 22.3 Å². The number of hydrogen-bond donors (Lipinski definition) is 1. The van der Waals surface area contributed by atoms with Gasteiger partial charge < -0.3 is 9.88 Å². The molecule has 31 heavy (non-hydrogen) atoms. The molecule has 0 bridgehead atoms. The average Bonchev–Trinajstić information content (AvgIpc) is 3.40. The second-order valence-corrected chi connectivity index (χ2v) is 10.9. The van der Waals surface area contributed by atoms with Crippen molar-refractivity contribution in [2.24, 2.45) is 13.0 Å². The topological polar surface area (TPSA) is 84.3 Å². The summed E-state index contributed by atoms with van der Waals surface area (Å²) in [6.07, 6.45) is 7.19. The molecular weight excluding hydrogens is 412 g/mol. The molecule has 1 N–H and O–H groups in total. The highest BCUT2D eigenvalue weighted by atomic mass is 32.2. The summed E-state index contributed by atoms with van der Waals surface area (Å²) in [5.74, 6) is 0.561. The first kappa shape index (κ1) is 22.0. The first-order chi connectivity index (χ1) is 14.8. The summed E-state index contributed by atoms with van der Waals surface area (Å²) in [4.78, 5) is 17.1. The van der Waals surface area contributed by atoms with Crippen molar-refractivity contribution in [2.75, 3.05) is 19.6 Å². The van der Waals surface area contributed by atoms with Crippen LogP contribution in [0.2, 0.25) is 0 Å². The fourth-order valence-electron chi connectivity index (χ4n) is 4.95. The van der Waals surface area contributed by atoms with Crippen molar-refractivity contribution in [3.05, 3.63) is 47.9 Å². The molecule has 7 nitrogen and oxygen atoms in total. The van der Waals surface area contributed by atoms with Gasteiger partial charge in [-0.3, -0.25) is 4.79 Å². The summed E-state index contributed by atoms with van der Waals surface area (Å²) in [6, 6.07) is 10.5. The van der Waals surface area contributed by atoms with Crippen LogP contribution in [0.15, 0.2) is 41.6 Å². The van der Waals surface area contributed by atoms with E-state index in [0.29, 0.717) is 38.3 Å². The number of nitrogens with one attached hydrogen (secondary N) is 1. The second-order valence-electron chi connectivity index (χ2n) is 8.99. The average molecular weight is 445 g/mol. The van der Waals surface area contributed by atoms with Gasteiger partial charge in [0.05, 0.1) is 0 Å². The van der Waals surface area contributed by atoms with Gasteiger partial charge in [0.1, 0.15) is 5.82 Å². The number of carbonyl (C=O) groups excluding carboxylic acids is 1. The molecule has 168 valence electrons. The lowest BCUT2D eigenvalue weighted by molar-refractivity contribution is -0.126. The highest BCUT2D eigenvalue weighted by Gasteiger charge is 2.37. The van der Waals surface area contributed by atoms with Gasteiger partial charge in [-0.1, -0.05) is 43.2 Å². The lowest BCUT2D eigenvalue weighted by Crippen LogP contribution is -2.46. The SMILES string of the molecule is Cc1nc(S(=O)(=O)N2CCC(C(=O)NCC3(c4ccccc4)CCCC3)CC2)cn1C. The standard InChI is InChI=1S/C23H32N4O3S/c1-18-25-21(16-26(18)2)31(29,30)27-14-10-19(11-15-27)22(28)24-17-23(12-6-7-13-23)20-8-4-3-5-9-20/h3-5,8-9,16,19H,6-7,10-15,17H2,1-2H3,(H,24,28). The third-order valence-electron chi connectivity index (χ3n) is 7.06. The molecular formula is C23H32N4O3S. The molecule has 1 aromatic carbocycles. The van der Waals surface area contributed by atoms with Crippen LogP contribution in [-0.2, 0) is 27.3 Å². The molecule has 8 heteroatoms. The molecule has 1 saturated carbocycles. The number of hydrogen-bond acceptors (Lipinski definition) is 4. The molecule has 0 atom stereocenters. The van der Waals surface area contributed by atoms with Crippen molar-refractivity contribution >= 4 is 15.9 Å². The van der Waals surface area contributed by atoms with Crippen LogP contribution in [0.1, 0.15) is 49.9 Å². The first-order valence-corrected chi connectivity index (χ1v) is 12.6. The number of amides is 1. The van der Waals surface area contributed by atoms with Crippen LogP contribution in [0.5, 0.6) is 0 Å². The summed E-state index contributed by atoms with van der Waals surface area (Å²) >= 11 is 0. The van der Waals surface area contributed by atoms with E-state index >= 15 is 0 Å². The van der Waals surface area contributed by atoms with Crippen LogP contribution < -0.4 is 5.32 Å². The number of carbonyl (C=O) groups is 1. The number of imidazole rings is 1. The molecule has 0 radical (unpaired) electrons. The predicted molar refractivity (Wildman–Crippen MR) is 119 cm³/mol. The predicted octanol–water partition coefficient (Wildman–Crippen LogP) is 2.76. The van der Waals surface area contributed by atoms with Gasteiger partial charge in [-0.15, -0.1) is 0 Å². The number of piperidine rings is 1. The molecule has 4 rings (SSSR count). The summed E-state index contributed by atoms with van der Waals surface area (Å²) in [5, 5.41) is 3.29. The summed E-state index contributed by atoms with van der Waals surface area (Å²) in [6.45, 7) is 3.13. The molecule has 0 unspecified atom stereocenters. The fraction of sp³-hybridized carbons (Fsp3) is 0.565.